The smallest absolute Gasteiger partial charge is 0.0994 e. The molecule has 7 aromatic carbocycles. The van der Waals surface area contributed by atoms with Crippen LogP contribution in [0.25, 0.3) is 78.3 Å². The summed E-state index contributed by atoms with van der Waals surface area (Å²) in [6.45, 7) is 3.60. The van der Waals surface area contributed by atoms with E-state index in [1.165, 1.54) is 28.5 Å². The first-order chi connectivity index (χ1) is 37.2. The van der Waals surface area contributed by atoms with Crippen LogP contribution in [0.1, 0.15) is 77.5 Å². The van der Waals surface area contributed by atoms with Crippen LogP contribution in [0.3, 0.4) is 0 Å². The van der Waals surface area contributed by atoms with Crippen molar-refractivity contribution in [2.24, 2.45) is 0 Å². The number of nitrogens with zero attached hydrogens (tertiary/aromatic N) is 4. The molecule has 0 bridgehead atoms. The number of aryl methyl sites for hydroxylation is 6. The second-order valence-corrected chi connectivity index (χ2v) is 18.8. The molecular formula is C68H56N4. The normalized spacial score (nSPS) is 14.5. The Balaban J connectivity index is 0.989. The minimum atomic E-state index is -1.84. The van der Waals surface area contributed by atoms with Crippen LogP contribution < -0.4 is 0 Å². The molecule has 0 fully saturated rings. The minimum absolute atomic E-state index is 0.254. The minimum Gasteiger partial charge on any atom is -0.256 e. The van der Waals surface area contributed by atoms with Crippen molar-refractivity contribution in [2.45, 2.75) is 64.6 Å². The highest BCUT2D eigenvalue weighted by Gasteiger charge is 2.19. The highest BCUT2D eigenvalue weighted by molar-refractivity contribution is 5.94. The second-order valence-electron chi connectivity index (χ2n) is 18.8. The lowest BCUT2D eigenvalue weighted by Crippen LogP contribution is -1.98. The van der Waals surface area contributed by atoms with Gasteiger partial charge >= 0.3 is 0 Å². The van der Waals surface area contributed by atoms with E-state index in [-0.39, 0.29) is 6.42 Å². The molecule has 0 amide bonds. The SMILES string of the molecule is [2H]C(C)(C)c1cc(-c2ccc(-c3cc(-c4cc5c(cn4)C([2H])([2H])CC5([2H])[2H])ccc3-c3ccccc3-c3cc(CCc4ccc(-c5ccccn5)cc4)cc(CCc4ccc(-c5ccccn5)cc4)c3)cc2)ccc1C#N. The number of fused-ring (bicyclic) bond motifs is 1. The highest BCUT2D eigenvalue weighted by atomic mass is 14.7. The largest absolute Gasteiger partial charge is 0.256 e. The number of hydrogen-bond donors (Lipinski definition) is 0. The lowest BCUT2D eigenvalue weighted by atomic mass is 9.86. The number of rotatable bonds is 14. The second kappa shape index (κ2) is 20.8. The Morgan fingerprint density at radius 2 is 0.986 bits per heavy atom. The van der Waals surface area contributed by atoms with Gasteiger partial charge in [-0.1, -0.05) is 159 Å². The molecule has 11 rings (SSSR count). The zero-order chi connectivity index (χ0) is 53.3. The van der Waals surface area contributed by atoms with Crippen molar-refractivity contribution in [1.29, 1.82) is 5.26 Å². The summed E-state index contributed by atoms with van der Waals surface area (Å²) in [5.74, 6) is -0.960. The number of hydrogen-bond acceptors (Lipinski definition) is 4. The fraction of sp³-hybridized carbons (Fsp3) is 0.147. The average Bonchev–Trinajstić information content (AvgIpc) is 3.88. The molecule has 0 unspecified atom stereocenters. The molecule has 0 radical (unpaired) electrons. The maximum atomic E-state index is 9.88. The summed E-state index contributed by atoms with van der Waals surface area (Å²) in [6.07, 6.45) is 4.71. The number of benzene rings is 7. The van der Waals surface area contributed by atoms with E-state index in [2.05, 4.69) is 143 Å². The molecule has 1 aliphatic rings. The van der Waals surface area contributed by atoms with E-state index in [9.17, 15) is 5.26 Å². The van der Waals surface area contributed by atoms with Crippen LogP contribution in [-0.4, -0.2) is 15.0 Å². The molecule has 0 saturated carbocycles. The molecule has 72 heavy (non-hydrogen) atoms. The van der Waals surface area contributed by atoms with Crippen molar-refractivity contribution in [2.75, 3.05) is 0 Å². The quantitative estimate of drug-likeness (QED) is 0.109. The predicted octanol–water partition coefficient (Wildman–Crippen LogP) is 16.6. The van der Waals surface area contributed by atoms with E-state index < -0.39 is 18.6 Å². The van der Waals surface area contributed by atoms with Gasteiger partial charge in [-0.15, -0.1) is 0 Å². The number of aromatic nitrogens is 3. The van der Waals surface area contributed by atoms with Gasteiger partial charge in [0.15, 0.2) is 0 Å². The van der Waals surface area contributed by atoms with Gasteiger partial charge in [-0.05, 0) is 183 Å². The van der Waals surface area contributed by atoms with Crippen LogP contribution in [0.5, 0.6) is 0 Å². The molecule has 3 heterocycles. The van der Waals surface area contributed by atoms with Crippen molar-refractivity contribution in [3.63, 3.8) is 0 Å². The molecule has 0 aliphatic heterocycles. The molecule has 10 aromatic rings. The zero-order valence-electron chi connectivity index (χ0n) is 45.5. The fourth-order valence-corrected chi connectivity index (χ4v) is 9.89. The Hall–Kier alpha value is -8.52. The van der Waals surface area contributed by atoms with Gasteiger partial charge in [0.2, 0.25) is 0 Å². The van der Waals surface area contributed by atoms with Crippen LogP contribution in [0.2, 0.25) is 0 Å². The predicted molar refractivity (Wildman–Crippen MR) is 296 cm³/mol. The van der Waals surface area contributed by atoms with Crippen LogP contribution >= 0.6 is 0 Å². The van der Waals surface area contributed by atoms with Gasteiger partial charge in [-0.25, -0.2) is 0 Å². The lowest BCUT2D eigenvalue weighted by molar-refractivity contribution is 0.863. The van der Waals surface area contributed by atoms with Gasteiger partial charge in [-0.3, -0.25) is 15.0 Å². The highest BCUT2D eigenvalue weighted by Crippen LogP contribution is 2.42. The van der Waals surface area contributed by atoms with Gasteiger partial charge in [0.25, 0.3) is 0 Å². The van der Waals surface area contributed by atoms with E-state index in [0.717, 1.165) is 98.3 Å². The maximum Gasteiger partial charge on any atom is 0.0994 e. The standard InChI is InChI=1S/C68H56N4/c1-46(2)64-41-56(32-33-58(64)44-69)51-28-30-52(31-29-51)65-42-57(68-43-55-10-9-11-59(55)45-72-68)34-35-63(65)62-13-4-3-12-61(62)60-39-49(18-16-47-20-24-53(25-21-47)66-14-5-7-36-70-66)38-50(40-60)19-17-48-22-26-54(27-23-48)67-15-6-8-37-71-67/h3-8,12-15,20-43,45-46H,9-11,16-19H2,1-2H3/i10D2,11D2,46D. The van der Waals surface area contributed by atoms with Crippen LogP contribution in [-0.2, 0) is 38.4 Å². The van der Waals surface area contributed by atoms with Gasteiger partial charge in [0.05, 0.1) is 28.7 Å². The third-order valence-electron chi connectivity index (χ3n) is 13.8. The van der Waals surface area contributed by atoms with E-state index >= 15 is 0 Å². The Labute approximate surface area is 431 Å². The van der Waals surface area contributed by atoms with E-state index in [1.807, 2.05) is 67.0 Å². The first kappa shape index (κ1) is 40.2. The Morgan fingerprint density at radius 3 is 1.60 bits per heavy atom. The lowest BCUT2D eigenvalue weighted by Gasteiger charge is -2.18. The number of pyridine rings is 3. The maximum absolute atomic E-state index is 9.88. The average molecular weight is 934 g/mol. The third-order valence-corrected chi connectivity index (χ3v) is 13.8. The van der Waals surface area contributed by atoms with Crippen LogP contribution in [0.4, 0.5) is 0 Å². The van der Waals surface area contributed by atoms with Gasteiger partial charge < -0.3 is 0 Å². The van der Waals surface area contributed by atoms with Crippen molar-refractivity contribution < 1.29 is 6.85 Å². The third kappa shape index (κ3) is 10.1. The zero-order valence-corrected chi connectivity index (χ0v) is 40.5. The molecule has 4 heteroatoms. The van der Waals surface area contributed by atoms with Crippen molar-refractivity contribution in [3.8, 4) is 84.3 Å². The Kier molecular flexibility index (Phi) is 11.6. The van der Waals surface area contributed by atoms with E-state index in [1.54, 1.807) is 26.0 Å². The molecule has 0 spiro atoms. The number of nitriles is 1. The molecule has 1 aliphatic carbocycles. The molecule has 3 aromatic heterocycles. The summed E-state index contributed by atoms with van der Waals surface area (Å²) in [5.41, 5.74) is 20.3. The van der Waals surface area contributed by atoms with E-state index in [0.29, 0.717) is 27.9 Å². The first-order valence-electron chi connectivity index (χ1n) is 27.2. The van der Waals surface area contributed by atoms with Crippen molar-refractivity contribution in [1.82, 2.24) is 15.0 Å². The van der Waals surface area contributed by atoms with Crippen molar-refractivity contribution >= 4 is 0 Å². The topological polar surface area (TPSA) is 62.5 Å². The molecule has 0 saturated heterocycles. The van der Waals surface area contributed by atoms with Crippen LogP contribution in [0.15, 0.2) is 213 Å². The fourth-order valence-electron chi connectivity index (χ4n) is 9.89. The molecule has 4 nitrogen and oxygen atoms in total. The Morgan fingerprint density at radius 1 is 0.444 bits per heavy atom. The van der Waals surface area contributed by atoms with E-state index in [4.69, 9.17) is 11.8 Å². The van der Waals surface area contributed by atoms with Crippen molar-refractivity contribution in [3.05, 3.63) is 257 Å². The summed E-state index contributed by atoms with van der Waals surface area (Å²) in [5, 5.41) is 9.88. The Bertz CT molecular complexity index is 3700. The molecule has 0 N–H and O–H groups in total. The van der Waals surface area contributed by atoms with Gasteiger partial charge in [-0.2, -0.15) is 5.26 Å². The molecular weight excluding hydrogens is 873 g/mol. The summed E-state index contributed by atoms with van der Waals surface area (Å²) >= 11 is 0. The molecule has 0 atom stereocenters. The summed E-state index contributed by atoms with van der Waals surface area (Å²) < 4.78 is 43.5. The summed E-state index contributed by atoms with van der Waals surface area (Å²) in [6, 6.07) is 69.5. The monoisotopic (exact) mass is 933 g/mol. The van der Waals surface area contributed by atoms with Gasteiger partial charge in [0, 0.05) is 42.1 Å². The van der Waals surface area contributed by atoms with Crippen LogP contribution in [0, 0.1) is 11.3 Å². The summed E-state index contributed by atoms with van der Waals surface area (Å²) in [7, 11) is 0. The van der Waals surface area contributed by atoms with Gasteiger partial charge in [0.1, 0.15) is 0 Å². The first-order valence-corrected chi connectivity index (χ1v) is 24.7. The summed E-state index contributed by atoms with van der Waals surface area (Å²) in [4.78, 5) is 13.9. The molecule has 348 valence electrons.